The molecule has 0 unspecified atom stereocenters. The summed E-state index contributed by atoms with van der Waals surface area (Å²) in [4.78, 5) is 2.28. The van der Waals surface area contributed by atoms with Crippen LogP contribution >= 0.6 is 15.9 Å². The van der Waals surface area contributed by atoms with Gasteiger partial charge in [-0.2, -0.15) is 0 Å². The molecule has 2 nitrogen and oxygen atoms in total. The minimum Gasteiger partial charge on any atom is -0.352 e. The van der Waals surface area contributed by atoms with Crippen LogP contribution in [0.1, 0.15) is 0 Å². The van der Waals surface area contributed by atoms with Gasteiger partial charge in [-0.1, -0.05) is 46.3 Å². The van der Waals surface area contributed by atoms with Crippen LogP contribution < -0.4 is 10.2 Å². The van der Waals surface area contributed by atoms with E-state index in [0.29, 0.717) is 0 Å². The number of fused-ring (bicyclic) bond motifs is 2. The van der Waals surface area contributed by atoms with Crippen molar-refractivity contribution in [3.8, 4) is 0 Å². The molecular weight excluding hydrogens is 324 g/mol. The number of anilines is 5. The highest BCUT2D eigenvalue weighted by Crippen LogP contribution is 2.48. The van der Waals surface area contributed by atoms with Gasteiger partial charge in [-0.05, 0) is 42.5 Å². The molecule has 0 fully saturated rings. The number of hydrogen-bond donors (Lipinski definition) is 1. The largest absolute Gasteiger partial charge is 0.352 e. The standard InChI is InChI=1S/C18H13BrN2/c19-13-10-11-16-18(12-13)21(14-6-2-1-3-7-14)17-9-5-4-8-15(17)20-16/h1-12,20H. The summed E-state index contributed by atoms with van der Waals surface area (Å²) < 4.78 is 1.07. The van der Waals surface area contributed by atoms with Crippen LogP contribution in [0.5, 0.6) is 0 Å². The molecule has 0 bridgehead atoms. The summed E-state index contributed by atoms with van der Waals surface area (Å²) >= 11 is 3.58. The molecule has 4 rings (SSSR count). The molecule has 0 atom stereocenters. The maximum absolute atomic E-state index is 3.58. The molecule has 1 aliphatic rings. The van der Waals surface area contributed by atoms with Crippen molar-refractivity contribution in [1.82, 2.24) is 0 Å². The third kappa shape index (κ3) is 2.10. The highest BCUT2D eigenvalue weighted by molar-refractivity contribution is 9.10. The quantitative estimate of drug-likeness (QED) is 0.460. The molecule has 21 heavy (non-hydrogen) atoms. The van der Waals surface area contributed by atoms with E-state index in [9.17, 15) is 0 Å². The van der Waals surface area contributed by atoms with Crippen LogP contribution in [-0.2, 0) is 0 Å². The number of halogens is 1. The van der Waals surface area contributed by atoms with Gasteiger partial charge >= 0.3 is 0 Å². The van der Waals surface area contributed by atoms with E-state index in [-0.39, 0.29) is 0 Å². The van der Waals surface area contributed by atoms with Gasteiger partial charge < -0.3 is 10.2 Å². The van der Waals surface area contributed by atoms with Crippen LogP contribution in [0.25, 0.3) is 0 Å². The Bertz CT molecular complexity index is 799. The SMILES string of the molecule is Brc1ccc2c(c1)N(c1ccccc1)c1ccccc1N2. The third-order valence-electron chi connectivity index (χ3n) is 3.63. The molecule has 0 spiro atoms. The van der Waals surface area contributed by atoms with Crippen LogP contribution in [0.15, 0.2) is 77.3 Å². The van der Waals surface area contributed by atoms with Crippen LogP contribution in [0.3, 0.4) is 0 Å². The van der Waals surface area contributed by atoms with E-state index in [1.807, 2.05) is 6.07 Å². The Balaban J connectivity index is 1.98. The number of benzene rings is 3. The van der Waals surface area contributed by atoms with E-state index in [1.54, 1.807) is 0 Å². The van der Waals surface area contributed by atoms with Gasteiger partial charge in [0.05, 0.1) is 22.7 Å². The molecule has 0 radical (unpaired) electrons. The smallest absolute Gasteiger partial charge is 0.0708 e. The Kier molecular flexibility index (Phi) is 2.93. The van der Waals surface area contributed by atoms with E-state index in [4.69, 9.17) is 0 Å². The predicted molar refractivity (Wildman–Crippen MR) is 92.1 cm³/mol. The lowest BCUT2D eigenvalue weighted by Gasteiger charge is -2.34. The van der Waals surface area contributed by atoms with Gasteiger partial charge in [0.1, 0.15) is 0 Å². The van der Waals surface area contributed by atoms with Crippen molar-refractivity contribution in [2.24, 2.45) is 0 Å². The second kappa shape index (κ2) is 4.93. The summed E-state index contributed by atoms with van der Waals surface area (Å²) in [5.41, 5.74) is 5.70. The zero-order chi connectivity index (χ0) is 14.2. The summed E-state index contributed by atoms with van der Waals surface area (Å²) in [5.74, 6) is 0. The van der Waals surface area contributed by atoms with E-state index >= 15 is 0 Å². The summed E-state index contributed by atoms with van der Waals surface area (Å²) in [7, 11) is 0. The molecule has 0 saturated heterocycles. The summed E-state index contributed by atoms with van der Waals surface area (Å²) in [5, 5.41) is 3.50. The molecule has 1 N–H and O–H groups in total. The number of hydrogen-bond acceptors (Lipinski definition) is 2. The van der Waals surface area contributed by atoms with Crippen LogP contribution in [-0.4, -0.2) is 0 Å². The molecule has 3 aromatic carbocycles. The van der Waals surface area contributed by atoms with Crippen molar-refractivity contribution in [2.45, 2.75) is 0 Å². The third-order valence-corrected chi connectivity index (χ3v) is 4.12. The lowest BCUT2D eigenvalue weighted by molar-refractivity contribution is 1.25. The lowest BCUT2D eigenvalue weighted by Crippen LogP contribution is -2.17. The fourth-order valence-electron chi connectivity index (χ4n) is 2.70. The van der Waals surface area contributed by atoms with E-state index in [1.165, 1.54) is 0 Å². The van der Waals surface area contributed by atoms with Crippen molar-refractivity contribution in [1.29, 1.82) is 0 Å². The van der Waals surface area contributed by atoms with Crippen molar-refractivity contribution in [2.75, 3.05) is 10.2 Å². The first-order valence-electron chi connectivity index (χ1n) is 6.84. The average molecular weight is 337 g/mol. The van der Waals surface area contributed by atoms with Crippen molar-refractivity contribution < 1.29 is 0 Å². The molecule has 0 amide bonds. The van der Waals surface area contributed by atoms with E-state index in [0.717, 1.165) is 32.9 Å². The Morgan fingerprint density at radius 3 is 2.29 bits per heavy atom. The van der Waals surface area contributed by atoms with E-state index in [2.05, 4.69) is 92.9 Å². The Labute approximate surface area is 132 Å². The van der Waals surface area contributed by atoms with Gasteiger partial charge in [-0.25, -0.2) is 0 Å². The predicted octanol–water partition coefficient (Wildman–Crippen LogP) is 5.98. The fraction of sp³-hybridized carbons (Fsp3) is 0. The highest BCUT2D eigenvalue weighted by atomic mass is 79.9. The zero-order valence-electron chi connectivity index (χ0n) is 11.3. The highest BCUT2D eigenvalue weighted by Gasteiger charge is 2.23. The minimum atomic E-state index is 1.07. The fourth-order valence-corrected chi connectivity index (χ4v) is 3.05. The number of para-hydroxylation sites is 3. The number of nitrogens with one attached hydrogen (secondary N) is 1. The van der Waals surface area contributed by atoms with Crippen molar-refractivity contribution >= 4 is 44.4 Å². The molecule has 3 aromatic rings. The molecule has 0 aromatic heterocycles. The van der Waals surface area contributed by atoms with Gasteiger partial charge in [-0.15, -0.1) is 0 Å². The van der Waals surface area contributed by atoms with Gasteiger partial charge in [-0.3, -0.25) is 0 Å². The zero-order valence-corrected chi connectivity index (χ0v) is 12.8. The first-order chi connectivity index (χ1) is 10.3. The first kappa shape index (κ1) is 12.5. The number of rotatable bonds is 1. The van der Waals surface area contributed by atoms with E-state index < -0.39 is 0 Å². The Morgan fingerprint density at radius 1 is 0.714 bits per heavy atom. The first-order valence-corrected chi connectivity index (χ1v) is 7.63. The molecule has 102 valence electrons. The maximum atomic E-state index is 3.58. The number of nitrogens with zero attached hydrogens (tertiary/aromatic N) is 1. The van der Waals surface area contributed by atoms with Crippen LogP contribution in [0.4, 0.5) is 28.4 Å². The summed E-state index contributed by atoms with van der Waals surface area (Å²) in [6, 6.07) is 25.1. The van der Waals surface area contributed by atoms with Gasteiger partial charge in [0, 0.05) is 10.2 Å². The van der Waals surface area contributed by atoms with Gasteiger partial charge in [0.2, 0.25) is 0 Å². The minimum absolute atomic E-state index is 1.07. The average Bonchev–Trinajstić information content (AvgIpc) is 2.53. The Hall–Kier alpha value is -2.26. The Morgan fingerprint density at radius 2 is 1.43 bits per heavy atom. The van der Waals surface area contributed by atoms with Crippen molar-refractivity contribution in [3.63, 3.8) is 0 Å². The molecular formula is C18H13BrN2. The second-order valence-electron chi connectivity index (χ2n) is 4.97. The molecule has 1 aliphatic heterocycles. The lowest BCUT2D eigenvalue weighted by atomic mass is 10.1. The van der Waals surface area contributed by atoms with Gasteiger partial charge in [0.15, 0.2) is 0 Å². The summed E-state index contributed by atoms with van der Waals surface area (Å²) in [6.45, 7) is 0. The molecule has 0 saturated carbocycles. The monoisotopic (exact) mass is 336 g/mol. The molecule has 3 heteroatoms. The maximum Gasteiger partial charge on any atom is 0.0708 e. The van der Waals surface area contributed by atoms with Crippen LogP contribution in [0, 0.1) is 0 Å². The summed E-state index contributed by atoms with van der Waals surface area (Å²) in [6.07, 6.45) is 0. The van der Waals surface area contributed by atoms with Gasteiger partial charge in [0.25, 0.3) is 0 Å². The molecule has 1 heterocycles. The topological polar surface area (TPSA) is 15.3 Å². The second-order valence-corrected chi connectivity index (χ2v) is 5.89. The van der Waals surface area contributed by atoms with Crippen molar-refractivity contribution in [3.05, 3.63) is 77.3 Å². The van der Waals surface area contributed by atoms with Crippen LogP contribution in [0.2, 0.25) is 0 Å². The molecule has 0 aliphatic carbocycles. The normalized spacial score (nSPS) is 12.3.